The molecule has 2 N–H and O–H groups in total. The Labute approximate surface area is 170 Å². The zero-order chi connectivity index (χ0) is 20.1. The molecule has 0 saturated carbocycles. The van der Waals surface area contributed by atoms with Crippen LogP contribution in [0.2, 0.25) is 5.02 Å². The quantitative estimate of drug-likeness (QED) is 0.586. The lowest BCUT2D eigenvalue weighted by molar-refractivity contribution is 0.102. The molecule has 0 aliphatic rings. The van der Waals surface area contributed by atoms with E-state index in [1.165, 1.54) is 12.1 Å². The van der Waals surface area contributed by atoms with Gasteiger partial charge >= 0.3 is 0 Å². The fraction of sp³-hybridized carbons (Fsp3) is 0.118. The number of carbonyl (C=O) groups excluding carboxylic acids is 1. The molecular weight excluding hydrogens is 424 g/mol. The Hall–Kier alpha value is -2.53. The molecule has 3 rings (SSSR count). The molecule has 0 saturated heterocycles. The van der Waals surface area contributed by atoms with Crippen molar-refractivity contribution in [2.24, 2.45) is 0 Å². The second-order valence-electron chi connectivity index (χ2n) is 5.47. The van der Waals surface area contributed by atoms with Gasteiger partial charge in [0.2, 0.25) is 15.0 Å². The SMILES string of the molecule is COc1ccc(NC(=O)c2nnc(CNS(=O)(=O)c3cccc(Cl)c3)s2)cc1. The summed E-state index contributed by atoms with van der Waals surface area (Å²) in [6.45, 7) is -0.0949. The molecule has 28 heavy (non-hydrogen) atoms. The Morgan fingerprint density at radius 1 is 1.18 bits per heavy atom. The summed E-state index contributed by atoms with van der Waals surface area (Å²) in [5.74, 6) is 0.231. The summed E-state index contributed by atoms with van der Waals surface area (Å²) in [6.07, 6.45) is 0. The number of ether oxygens (including phenoxy) is 1. The van der Waals surface area contributed by atoms with E-state index >= 15 is 0 Å². The third kappa shape index (κ3) is 5.04. The number of amides is 1. The van der Waals surface area contributed by atoms with Crippen LogP contribution in [-0.2, 0) is 16.6 Å². The van der Waals surface area contributed by atoms with Gasteiger partial charge in [0, 0.05) is 10.7 Å². The average Bonchev–Trinajstić information content (AvgIpc) is 3.16. The van der Waals surface area contributed by atoms with Crippen molar-refractivity contribution in [3.63, 3.8) is 0 Å². The number of nitrogens with zero attached hydrogens (tertiary/aromatic N) is 2. The number of hydrogen-bond acceptors (Lipinski definition) is 7. The van der Waals surface area contributed by atoms with E-state index < -0.39 is 15.9 Å². The first-order chi connectivity index (χ1) is 13.4. The van der Waals surface area contributed by atoms with Gasteiger partial charge in [0.25, 0.3) is 5.91 Å². The van der Waals surface area contributed by atoms with Gasteiger partial charge in [-0.2, -0.15) is 0 Å². The molecule has 2 aromatic carbocycles. The molecule has 0 bridgehead atoms. The van der Waals surface area contributed by atoms with Crippen molar-refractivity contribution in [3.8, 4) is 5.75 Å². The smallest absolute Gasteiger partial charge is 0.286 e. The first kappa shape index (κ1) is 20.2. The van der Waals surface area contributed by atoms with Crippen molar-refractivity contribution < 1.29 is 17.9 Å². The van der Waals surface area contributed by atoms with Crippen LogP contribution in [0.15, 0.2) is 53.4 Å². The molecule has 0 unspecified atom stereocenters. The van der Waals surface area contributed by atoms with E-state index in [2.05, 4.69) is 20.2 Å². The lowest BCUT2D eigenvalue weighted by Crippen LogP contribution is -2.23. The zero-order valence-corrected chi connectivity index (χ0v) is 16.9. The monoisotopic (exact) mass is 438 g/mol. The van der Waals surface area contributed by atoms with Crippen molar-refractivity contribution in [1.29, 1.82) is 0 Å². The highest BCUT2D eigenvalue weighted by molar-refractivity contribution is 7.89. The minimum Gasteiger partial charge on any atom is -0.497 e. The van der Waals surface area contributed by atoms with Crippen LogP contribution in [0.5, 0.6) is 5.75 Å². The Kier molecular flexibility index (Phi) is 6.25. The van der Waals surface area contributed by atoms with Gasteiger partial charge in [0.1, 0.15) is 10.8 Å². The summed E-state index contributed by atoms with van der Waals surface area (Å²) >= 11 is 6.82. The van der Waals surface area contributed by atoms with E-state index in [4.69, 9.17) is 16.3 Å². The van der Waals surface area contributed by atoms with Gasteiger partial charge in [-0.05, 0) is 42.5 Å². The van der Waals surface area contributed by atoms with Crippen LogP contribution < -0.4 is 14.8 Å². The molecule has 1 amide bonds. The number of methoxy groups -OCH3 is 1. The molecule has 0 spiro atoms. The van der Waals surface area contributed by atoms with E-state index in [0.29, 0.717) is 21.5 Å². The normalized spacial score (nSPS) is 11.2. The number of nitrogens with one attached hydrogen (secondary N) is 2. The molecule has 0 fully saturated rings. The van der Waals surface area contributed by atoms with Gasteiger partial charge in [0.05, 0.1) is 18.6 Å². The molecule has 0 aliphatic heterocycles. The van der Waals surface area contributed by atoms with Crippen LogP contribution in [0.4, 0.5) is 5.69 Å². The fourth-order valence-electron chi connectivity index (χ4n) is 2.15. The number of sulfonamides is 1. The number of aromatic nitrogens is 2. The Morgan fingerprint density at radius 3 is 2.61 bits per heavy atom. The standard InChI is InChI=1S/C17H15ClN4O4S2/c1-26-13-7-5-12(6-8-13)20-16(23)17-22-21-15(27-17)10-19-28(24,25)14-4-2-3-11(18)9-14/h2-9,19H,10H2,1H3,(H,20,23). The molecule has 146 valence electrons. The topological polar surface area (TPSA) is 110 Å². The first-order valence-electron chi connectivity index (χ1n) is 7.90. The number of benzene rings is 2. The van der Waals surface area contributed by atoms with Gasteiger partial charge in [-0.25, -0.2) is 13.1 Å². The minimum atomic E-state index is -3.76. The Morgan fingerprint density at radius 2 is 1.93 bits per heavy atom. The van der Waals surface area contributed by atoms with E-state index in [1.54, 1.807) is 43.5 Å². The van der Waals surface area contributed by atoms with E-state index in [-0.39, 0.29) is 16.4 Å². The predicted octanol–water partition coefficient (Wildman–Crippen LogP) is 2.93. The van der Waals surface area contributed by atoms with Gasteiger partial charge in [-0.1, -0.05) is 29.0 Å². The number of carbonyl (C=O) groups is 1. The molecule has 1 heterocycles. The molecule has 3 aromatic rings. The van der Waals surface area contributed by atoms with Crippen molar-refractivity contribution >= 4 is 44.6 Å². The maximum atomic E-state index is 12.3. The Bertz CT molecular complexity index is 1080. The van der Waals surface area contributed by atoms with Crippen molar-refractivity contribution in [1.82, 2.24) is 14.9 Å². The van der Waals surface area contributed by atoms with Crippen LogP contribution in [0, 0.1) is 0 Å². The molecule has 1 aromatic heterocycles. The highest BCUT2D eigenvalue weighted by Gasteiger charge is 2.17. The van der Waals surface area contributed by atoms with Crippen LogP contribution in [0.3, 0.4) is 0 Å². The summed E-state index contributed by atoms with van der Waals surface area (Å²) in [5, 5.41) is 11.1. The second-order valence-corrected chi connectivity index (χ2v) is 8.73. The van der Waals surface area contributed by atoms with E-state index in [1.807, 2.05) is 0 Å². The highest BCUT2D eigenvalue weighted by Crippen LogP contribution is 2.18. The summed E-state index contributed by atoms with van der Waals surface area (Å²) < 4.78 is 32.0. The fourth-order valence-corrected chi connectivity index (χ4v) is 4.20. The molecule has 8 nitrogen and oxygen atoms in total. The van der Waals surface area contributed by atoms with Gasteiger partial charge < -0.3 is 10.1 Å². The average molecular weight is 439 g/mol. The lowest BCUT2D eigenvalue weighted by atomic mass is 10.3. The van der Waals surface area contributed by atoms with E-state index in [0.717, 1.165) is 11.3 Å². The van der Waals surface area contributed by atoms with Gasteiger partial charge in [-0.3, -0.25) is 4.79 Å². The second kappa shape index (κ2) is 8.65. The minimum absolute atomic E-state index is 0.0435. The maximum absolute atomic E-state index is 12.3. The van der Waals surface area contributed by atoms with Crippen molar-refractivity contribution in [2.45, 2.75) is 11.4 Å². The molecular formula is C17H15ClN4O4S2. The van der Waals surface area contributed by atoms with Crippen LogP contribution >= 0.6 is 22.9 Å². The van der Waals surface area contributed by atoms with Crippen molar-refractivity contribution in [3.05, 3.63) is 63.6 Å². The summed E-state index contributed by atoms with van der Waals surface area (Å²) in [4.78, 5) is 12.3. The first-order valence-corrected chi connectivity index (χ1v) is 10.6. The summed E-state index contributed by atoms with van der Waals surface area (Å²) in [7, 11) is -2.20. The molecule has 11 heteroatoms. The zero-order valence-electron chi connectivity index (χ0n) is 14.5. The lowest BCUT2D eigenvalue weighted by Gasteiger charge is -2.05. The molecule has 0 aliphatic carbocycles. The van der Waals surface area contributed by atoms with Gasteiger partial charge in [0.15, 0.2) is 0 Å². The van der Waals surface area contributed by atoms with Gasteiger partial charge in [-0.15, -0.1) is 10.2 Å². The highest BCUT2D eigenvalue weighted by atomic mass is 35.5. The van der Waals surface area contributed by atoms with Crippen LogP contribution in [0.1, 0.15) is 14.8 Å². The molecule has 0 atom stereocenters. The van der Waals surface area contributed by atoms with Crippen LogP contribution in [-0.4, -0.2) is 31.6 Å². The number of hydrogen-bond donors (Lipinski definition) is 2. The molecule has 0 radical (unpaired) electrons. The van der Waals surface area contributed by atoms with E-state index in [9.17, 15) is 13.2 Å². The number of halogens is 1. The van der Waals surface area contributed by atoms with Crippen LogP contribution in [0.25, 0.3) is 0 Å². The summed E-state index contributed by atoms with van der Waals surface area (Å²) in [6, 6.07) is 12.7. The predicted molar refractivity (Wildman–Crippen MR) is 106 cm³/mol. The largest absolute Gasteiger partial charge is 0.497 e. The number of rotatable bonds is 7. The third-order valence-corrected chi connectivity index (χ3v) is 6.08. The number of anilines is 1. The Balaban J connectivity index is 1.62. The maximum Gasteiger partial charge on any atom is 0.286 e. The summed E-state index contributed by atoms with van der Waals surface area (Å²) in [5.41, 5.74) is 0.573. The third-order valence-electron chi connectivity index (χ3n) is 3.53. The van der Waals surface area contributed by atoms with Crippen molar-refractivity contribution in [2.75, 3.05) is 12.4 Å².